The Kier molecular flexibility index (Phi) is 5.94. The highest BCUT2D eigenvalue weighted by molar-refractivity contribution is 9.10. The summed E-state index contributed by atoms with van der Waals surface area (Å²) in [6, 6.07) is 15.1. The van der Waals surface area contributed by atoms with Gasteiger partial charge in [-0.15, -0.1) is 11.3 Å². The van der Waals surface area contributed by atoms with E-state index in [-0.39, 0.29) is 5.91 Å². The number of thiazole rings is 1. The van der Waals surface area contributed by atoms with Gasteiger partial charge >= 0.3 is 0 Å². The van der Waals surface area contributed by atoms with Gasteiger partial charge in [0.25, 0.3) is 0 Å². The second kappa shape index (κ2) is 8.16. The Morgan fingerprint density at radius 2 is 2.04 bits per heavy atom. The van der Waals surface area contributed by atoms with E-state index >= 15 is 0 Å². The summed E-state index contributed by atoms with van der Waals surface area (Å²) in [5, 5.41) is 5.42. The van der Waals surface area contributed by atoms with Crippen molar-refractivity contribution >= 4 is 62.2 Å². The average Bonchev–Trinajstić information content (AvgIpc) is 3.03. The summed E-state index contributed by atoms with van der Waals surface area (Å²) < 4.78 is 1.91. The Labute approximate surface area is 161 Å². The van der Waals surface area contributed by atoms with Crippen molar-refractivity contribution in [1.29, 1.82) is 0 Å². The number of anilines is 1. The molecule has 24 heavy (non-hydrogen) atoms. The molecule has 0 aliphatic rings. The van der Waals surface area contributed by atoms with Crippen LogP contribution in [0.25, 0.3) is 11.3 Å². The smallest absolute Gasteiger partial charge is 0.234 e. The second-order valence-corrected chi connectivity index (χ2v) is 8.29. The molecule has 0 unspecified atom stereocenters. The highest BCUT2D eigenvalue weighted by atomic mass is 79.9. The van der Waals surface area contributed by atoms with Gasteiger partial charge in [-0.2, -0.15) is 0 Å². The molecule has 0 bridgehead atoms. The van der Waals surface area contributed by atoms with E-state index in [1.807, 2.05) is 35.7 Å². The van der Waals surface area contributed by atoms with Crippen LogP contribution in [-0.4, -0.2) is 16.6 Å². The van der Waals surface area contributed by atoms with Crippen molar-refractivity contribution in [3.05, 3.63) is 63.4 Å². The van der Waals surface area contributed by atoms with E-state index in [1.54, 1.807) is 18.2 Å². The van der Waals surface area contributed by atoms with Gasteiger partial charge in [0.2, 0.25) is 5.91 Å². The Balaban J connectivity index is 1.57. The lowest BCUT2D eigenvalue weighted by Gasteiger charge is -2.04. The third-order valence-corrected chi connectivity index (χ3v) is 5.84. The Morgan fingerprint density at radius 3 is 2.79 bits per heavy atom. The molecule has 1 N–H and O–H groups in total. The molecule has 0 aliphatic carbocycles. The van der Waals surface area contributed by atoms with Crippen LogP contribution in [0.1, 0.15) is 0 Å². The van der Waals surface area contributed by atoms with Gasteiger partial charge in [0, 0.05) is 26.1 Å². The van der Waals surface area contributed by atoms with Crippen LogP contribution in [-0.2, 0) is 4.79 Å². The molecule has 7 heteroatoms. The Hall–Kier alpha value is -1.34. The zero-order valence-corrected chi connectivity index (χ0v) is 16.3. The number of halogens is 2. The number of carbonyl (C=O) groups excluding carboxylic acids is 1. The molecule has 0 saturated heterocycles. The molecule has 0 spiro atoms. The minimum absolute atomic E-state index is 0.0809. The fourth-order valence-corrected chi connectivity index (χ4v) is 4.06. The molecule has 0 aliphatic heterocycles. The molecule has 0 atom stereocenters. The van der Waals surface area contributed by atoms with E-state index in [1.165, 1.54) is 23.1 Å². The number of rotatable bonds is 5. The van der Waals surface area contributed by atoms with Crippen LogP contribution in [0, 0.1) is 0 Å². The number of nitrogens with one attached hydrogen (secondary N) is 1. The molecule has 1 aromatic heterocycles. The predicted molar refractivity (Wildman–Crippen MR) is 106 cm³/mol. The number of nitrogens with zero attached hydrogens (tertiary/aromatic N) is 1. The lowest BCUT2D eigenvalue weighted by molar-refractivity contribution is -0.113. The number of carbonyl (C=O) groups is 1. The van der Waals surface area contributed by atoms with Gasteiger partial charge in [0.15, 0.2) is 4.34 Å². The molecule has 0 saturated carbocycles. The summed E-state index contributed by atoms with van der Waals surface area (Å²) in [6.07, 6.45) is 0. The van der Waals surface area contributed by atoms with Crippen molar-refractivity contribution in [2.75, 3.05) is 11.1 Å². The SMILES string of the molecule is O=C(CSc1nc(-c2ccc(Br)cc2)cs1)Nc1cccc(Cl)c1. The first-order chi connectivity index (χ1) is 11.6. The lowest BCUT2D eigenvalue weighted by Crippen LogP contribution is -2.13. The molecule has 3 nitrogen and oxygen atoms in total. The van der Waals surface area contributed by atoms with E-state index in [9.17, 15) is 4.79 Å². The number of benzene rings is 2. The number of hydrogen-bond donors (Lipinski definition) is 1. The van der Waals surface area contributed by atoms with E-state index in [0.717, 1.165) is 20.1 Å². The van der Waals surface area contributed by atoms with E-state index < -0.39 is 0 Å². The predicted octanol–water partition coefficient (Wildman–Crippen LogP) is 5.96. The quantitative estimate of drug-likeness (QED) is 0.499. The molecule has 122 valence electrons. The van der Waals surface area contributed by atoms with Crippen LogP contribution in [0.5, 0.6) is 0 Å². The normalized spacial score (nSPS) is 10.6. The van der Waals surface area contributed by atoms with Gasteiger partial charge in [0.1, 0.15) is 0 Å². The van der Waals surface area contributed by atoms with Crippen molar-refractivity contribution in [3.8, 4) is 11.3 Å². The van der Waals surface area contributed by atoms with Crippen molar-refractivity contribution < 1.29 is 4.79 Å². The highest BCUT2D eigenvalue weighted by Gasteiger charge is 2.08. The van der Waals surface area contributed by atoms with Crippen LogP contribution in [0.2, 0.25) is 5.02 Å². The number of thioether (sulfide) groups is 1. The highest BCUT2D eigenvalue weighted by Crippen LogP contribution is 2.29. The second-order valence-electron chi connectivity index (χ2n) is 4.85. The Morgan fingerprint density at radius 1 is 1.25 bits per heavy atom. The molecular formula is C17H12BrClN2OS2. The molecule has 0 radical (unpaired) electrons. The first-order valence-corrected chi connectivity index (χ1v) is 10.0. The van der Waals surface area contributed by atoms with Crippen molar-refractivity contribution in [1.82, 2.24) is 4.98 Å². The summed E-state index contributed by atoms with van der Waals surface area (Å²) in [7, 11) is 0. The van der Waals surface area contributed by atoms with Crippen molar-refractivity contribution in [2.45, 2.75) is 4.34 Å². The van der Waals surface area contributed by atoms with Gasteiger partial charge in [-0.1, -0.05) is 57.5 Å². The molecular weight excluding hydrogens is 428 g/mol. The maximum Gasteiger partial charge on any atom is 0.234 e. The van der Waals surface area contributed by atoms with Crippen LogP contribution in [0.4, 0.5) is 5.69 Å². The summed E-state index contributed by atoms with van der Waals surface area (Å²) in [5.41, 5.74) is 2.68. The number of aromatic nitrogens is 1. The van der Waals surface area contributed by atoms with Crippen molar-refractivity contribution in [3.63, 3.8) is 0 Å². The number of hydrogen-bond acceptors (Lipinski definition) is 4. The molecule has 0 fully saturated rings. The third kappa shape index (κ3) is 4.83. The van der Waals surface area contributed by atoms with E-state index in [0.29, 0.717) is 16.5 Å². The Bertz CT molecular complexity index is 852. The first kappa shape index (κ1) is 17.5. The van der Waals surface area contributed by atoms with E-state index in [4.69, 9.17) is 11.6 Å². The van der Waals surface area contributed by atoms with Crippen molar-refractivity contribution in [2.24, 2.45) is 0 Å². The average molecular weight is 440 g/mol. The molecule has 2 aromatic carbocycles. The standard InChI is InChI=1S/C17H12BrClN2OS2/c18-12-6-4-11(5-7-12)15-9-23-17(21-15)24-10-16(22)20-14-3-1-2-13(19)8-14/h1-9H,10H2,(H,20,22). The molecule has 3 rings (SSSR count). The van der Waals surface area contributed by atoms with Gasteiger partial charge < -0.3 is 5.32 Å². The van der Waals surface area contributed by atoms with Crippen LogP contribution in [0.3, 0.4) is 0 Å². The maximum absolute atomic E-state index is 12.0. The van der Waals surface area contributed by atoms with Gasteiger partial charge in [-0.05, 0) is 30.3 Å². The number of amides is 1. The van der Waals surface area contributed by atoms with E-state index in [2.05, 4.69) is 26.2 Å². The van der Waals surface area contributed by atoms with Gasteiger partial charge in [-0.3, -0.25) is 4.79 Å². The summed E-state index contributed by atoms with van der Waals surface area (Å²) >= 11 is 12.3. The monoisotopic (exact) mass is 438 g/mol. The van der Waals surface area contributed by atoms with Crippen LogP contribution in [0.15, 0.2) is 62.7 Å². The van der Waals surface area contributed by atoms with Gasteiger partial charge in [-0.25, -0.2) is 4.98 Å². The summed E-state index contributed by atoms with van der Waals surface area (Å²) in [5.74, 6) is 0.224. The van der Waals surface area contributed by atoms with Gasteiger partial charge in [0.05, 0.1) is 11.4 Å². The van der Waals surface area contributed by atoms with Crippen LogP contribution < -0.4 is 5.32 Å². The zero-order chi connectivity index (χ0) is 16.9. The first-order valence-electron chi connectivity index (χ1n) is 7.00. The minimum Gasteiger partial charge on any atom is -0.325 e. The topological polar surface area (TPSA) is 42.0 Å². The third-order valence-electron chi connectivity index (χ3n) is 3.06. The minimum atomic E-state index is -0.0809. The fraction of sp³-hybridized carbons (Fsp3) is 0.0588. The lowest BCUT2D eigenvalue weighted by atomic mass is 10.2. The molecule has 1 heterocycles. The molecule has 3 aromatic rings. The zero-order valence-electron chi connectivity index (χ0n) is 12.3. The largest absolute Gasteiger partial charge is 0.325 e. The fourth-order valence-electron chi connectivity index (χ4n) is 1.97. The summed E-state index contributed by atoms with van der Waals surface area (Å²) in [4.78, 5) is 16.6. The molecule has 1 amide bonds. The van der Waals surface area contributed by atoms with Crippen LogP contribution >= 0.6 is 50.6 Å². The maximum atomic E-state index is 12.0. The summed E-state index contributed by atoms with van der Waals surface area (Å²) in [6.45, 7) is 0.